The molecule has 2 N–H and O–H groups in total. The third-order valence-corrected chi connectivity index (χ3v) is 6.74. The second kappa shape index (κ2) is 5.61. The molecule has 0 saturated heterocycles. The fraction of sp³-hybridized carbons (Fsp3) is 0.625. The fourth-order valence-electron chi connectivity index (χ4n) is 4.19. The minimum atomic E-state index is -3.42. The zero-order valence-electron chi connectivity index (χ0n) is 12.7. The molecule has 1 aromatic rings. The lowest BCUT2D eigenvalue weighted by atomic mass is 9.84. The molecule has 3 rings (SSSR count). The highest BCUT2D eigenvalue weighted by Crippen LogP contribution is 2.49. The van der Waals surface area contributed by atoms with Gasteiger partial charge in [0.25, 0.3) is 0 Å². The third kappa shape index (κ3) is 2.81. The van der Waals surface area contributed by atoms with E-state index in [-0.39, 0.29) is 0 Å². The lowest BCUT2D eigenvalue weighted by Crippen LogP contribution is -2.31. The maximum Gasteiger partial charge on any atom is 0.242 e. The number of benzene rings is 1. The van der Waals surface area contributed by atoms with E-state index >= 15 is 0 Å². The summed E-state index contributed by atoms with van der Waals surface area (Å²) in [6.45, 7) is 2.19. The zero-order chi connectivity index (χ0) is 15.0. The van der Waals surface area contributed by atoms with Crippen molar-refractivity contribution in [1.82, 2.24) is 4.72 Å². The second-order valence-electron chi connectivity index (χ2n) is 6.48. The van der Waals surface area contributed by atoms with E-state index in [1.807, 2.05) is 12.1 Å². The summed E-state index contributed by atoms with van der Waals surface area (Å²) in [5.41, 5.74) is 0.710. The highest BCUT2D eigenvalue weighted by molar-refractivity contribution is 7.89. The van der Waals surface area contributed by atoms with Gasteiger partial charge >= 0.3 is 0 Å². The molecular weight excluding hydrogens is 284 g/mol. The van der Waals surface area contributed by atoms with Crippen molar-refractivity contribution < 1.29 is 8.42 Å². The Morgan fingerprint density at radius 2 is 1.95 bits per heavy atom. The van der Waals surface area contributed by atoms with Gasteiger partial charge in [0.05, 0.1) is 5.69 Å². The fourth-order valence-corrected chi connectivity index (χ4v) is 5.08. The van der Waals surface area contributed by atoms with Crippen molar-refractivity contribution in [3.05, 3.63) is 24.3 Å². The Balaban J connectivity index is 1.79. The third-order valence-electron chi connectivity index (χ3n) is 5.26. The summed E-state index contributed by atoms with van der Waals surface area (Å²) >= 11 is 0. The van der Waals surface area contributed by atoms with Crippen molar-refractivity contribution in [2.45, 2.75) is 43.5 Å². The minimum absolute atomic E-state index is 0.313. The molecule has 21 heavy (non-hydrogen) atoms. The van der Waals surface area contributed by atoms with Crippen LogP contribution in [0.2, 0.25) is 0 Å². The lowest BCUT2D eigenvalue weighted by molar-refractivity contribution is 0.304. The molecule has 4 nitrogen and oxygen atoms in total. The van der Waals surface area contributed by atoms with Crippen LogP contribution in [0.1, 0.15) is 32.6 Å². The van der Waals surface area contributed by atoms with Crippen molar-refractivity contribution in [2.75, 3.05) is 12.4 Å². The molecule has 0 amide bonds. The van der Waals surface area contributed by atoms with E-state index in [1.165, 1.54) is 32.7 Å². The van der Waals surface area contributed by atoms with Gasteiger partial charge in [-0.3, -0.25) is 0 Å². The first-order chi connectivity index (χ1) is 10.0. The van der Waals surface area contributed by atoms with E-state index < -0.39 is 10.0 Å². The molecule has 2 bridgehead atoms. The van der Waals surface area contributed by atoms with Crippen LogP contribution in [0.5, 0.6) is 0 Å². The highest BCUT2D eigenvalue weighted by Gasteiger charge is 2.41. The molecule has 2 fully saturated rings. The quantitative estimate of drug-likeness (QED) is 0.879. The Hall–Kier alpha value is -1.07. The molecule has 4 unspecified atom stereocenters. The van der Waals surface area contributed by atoms with Crippen LogP contribution >= 0.6 is 0 Å². The Morgan fingerprint density at radius 3 is 2.57 bits per heavy atom. The summed E-state index contributed by atoms with van der Waals surface area (Å²) in [6, 6.07) is 7.46. The Kier molecular flexibility index (Phi) is 3.97. The first-order valence-electron chi connectivity index (χ1n) is 7.80. The normalized spacial score (nSPS) is 29.5. The maximum absolute atomic E-state index is 12.1. The van der Waals surface area contributed by atoms with Gasteiger partial charge in [0.15, 0.2) is 0 Å². The summed E-state index contributed by atoms with van der Waals surface area (Å²) in [4.78, 5) is 0.336. The molecule has 2 saturated carbocycles. The predicted octanol–water partition coefficient (Wildman–Crippen LogP) is 2.83. The summed E-state index contributed by atoms with van der Waals surface area (Å²) in [5, 5.41) is 3.46. The van der Waals surface area contributed by atoms with Crippen molar-refractivity contribution in [3.8, 4) is 0 Å². The largest absolute Gasteiger partial charge is 0.381 e. The highest BCUT2D eigenvalue weighted by atomic mass is 32.2. The summed E-state index contributed by atoms with van der Waals surface area (Å²) in [6.07, 6.45) is 5.39. The summed E-state index contributed by atoms with van der Waals surface area (Å²) in [7, 11) is -1.97. The van der Waals surface area contributed by atoms with Crippen LogP contribution < -0.4 is 10.0 Å². The molecule has 5 heteroatoms. The molecule has 4 atom stereocenters. The SMILES string of the molecule is CNS(=O)(=O)c1ccccc1NC(C)C1CC2CCC1C2. The van der Waals surface area contributed by atoms with Gasteiger partial charge in [-0.15, -0.1) is 0 Å². The molecule has 0 aliphatic heterocycles. The number of nitrogens with one attached hydrogen (secondary N) is 2. The first kappa shape index (κ1) is 14.9. The average Bonchev–Trinajstić information content (AvgIpc) is 3.10. The lowest BCUT2D eigenvalue weighted by Gasteiger charge is -2.29. The van der Waals surface area contributed by atoms with Crippen LogP contribution in [0.25, 0.3) is 0 Å². The van der Waals surface area contributed by atoms with Gasteiger partial charge in [-0.2, -0.15) is 0 Å². The van der Waals surface area contributed by atoms with Gasteiger partial charge in [-0.25, -0.2) is 13.1 Å². The molecule has 2 aliphatic carbocycles. The van der Waals surface area contributed by atoms with Crippen LogP contribution in [-0.2, 0) is 10.0 Å². The van der Waals surface area contributed by atoms with E-state index in [0.717, 1.165) is 11.8 Å². The second-order valence-corrected chi connectivity index (χ2v) is 8.33. The minimum Gasteiger partial charge on any atom is -0.381 e. The number of sulfonamides is 1. The van der Waals surface area contributed by atoms with E-state index in [4.69, 9.17) is 0 Å². The van der Waals surface area contributed by atoms with Gasteiger partial charge in [-0.1, -0.05) is 18.6 Å². The Labute approximate surface area is 127 Å². The molecular formula is C16H24N2O2S. The van der Waals surface area contributed by atoms with Crippen LogP contribution in [0.4, 0.5) is 5.69 Å². The van der Waals surface area contributed by atoms with E-state index in [2.05, 4.69) is 17.0 Å². The number of hydrogen-bond acceptors (Lipinski definition) is 3. The molecule has 0 heterocycles. The predicted molar refractivity (Wildman–Crippen MR) is 84.7 cm³/mol. The topological polar surface area (TPSA) is 58.2 Å². The number of rotatable bonds is 5. The zero-order valence-corrected chi connectivity index (χ0v) is 13.5. The monoisotopic (exact) mass is 308 g/mol. The first-order valence-corrected chi connectivity index (χ1v) is 9.28. The van der Waals surface area contributed by atoms with Gasteiger partial charge < -0.3 is 5.32 Å². The van der Waals surface area contributed by atoms with Crippen LogP contribution in [0.15, 0.2) is 29.2 Å². The molecule has 0 radical (unpaired) electrons. The number of hydrogen-bond donors (Lipinski definition) is 2. The van der Waals surface area contributed by atoms with E-state index in [0.29, 0.717) is 22.5 Å². The van der Waals surface area contributed by atoms with Crippen molar-refractivity contribution in [2.24, 2.45) is 17.8 Å². The Morgan fingerprint density at radius 1 is 1.19 bits per heavy atom. The smallest absolute Gasteiger partial charge is 0.242 e. The Bertz CT molecular complexity index is 614. The van der Waals surface area contributed by atoms with Gasteiger partial charge in [0.1, 0.15) is 4.90 Å². The molecule has 0 spiro atoms. The van der Waals surface area contributed by atoms with E-state index in [9.17, 15) is 8.42 Å². The van der Waals surface area contributed by atoms with Crippen molar-refractivity contribution >= 4 is 15.7 Å². The molecule has 0 aromatic heterocycles. The number of anilines is 1. The van der Waals surface area contributed by atoms with E-state index in [1.54, 1.807) is 12.1 Å². The van der Waals surface area contributed by atoms with Crippen molar-refractivity contribution in [3.63, 3.8) is 0 Å². The standard InChI is InChI=1S/C16H24N2O2S/c1-11(14-10-12-7-8-13(14)9-12)18-15-5-3-4-6-16(15)21(19,20)17-2/h3-6,11-14,17-18H,7-10H2,1-2H3. The number of para-hydroxylation sites is 1. The van der Waals surface area contributed by atoms with Crippen LogP contribution in [0, 0.1) is 17.8 Å². The number of fused-ring (bicyclic) bond motifs is 2. The van der Waals surface area contributed by atoms with Crippen molar-refractivity contribution in [1.29, 1.82) is 0 Å². The van der Waals surface area contributed by atoms with Gasteiger partial charge in [0.2, 0.25) is 10.0 Å². The van der Waals surface area contributed by atoms with Gasteiger partial charge in [0, 0.05) is 6.04 Å². The van der Waals surface area contributed by atoms with Gasteiger partial charge in [-0.05, 0) is 63.1 Å². The van der Waals surface area contributed by atoms with Crippen LogP contribution in [-0.4, -0.2) is 21.5 Å². The average molecular weight is 308 g/mol. The summed E-state index contributed by atoms with van der Waals surface area (Å²) in [5.74, 6) is 2.40. The summed E-state index contributed by atoms with van der Waals surface area (Å²) < 4.78 is 26.6. The molecule has 1 aromatic carbocycles. The molecule has 2 aliphatic rings. The van der Waals surface area contributed by atoms with Crippen LogP contribution in [0.3, 0.4) is 0 Å². The molecule has 116 valence electrons. The maximum atomic E-state index is 12.1.